The number of thiophene rings is 1. The minimum Gasteiger partial charge on any atom is -0.494 e. The molecule has 0 atom stereocenters. The summed E-state index contributed by atoms with van der Waals surface area (Å²) in [6.45, 7) is 4.84. The van der Waals surface area contributed by atoms with Crippen molar-refractivity contribution in [1.82, 2.24) is 0 Å². The first kappa shape index (κ1) is 20.1. The number of carbonyl (C=O) groups is 2. The van der Waals surface area contributed by atoms with Crippen molar-refractivity contribution < 1.29 is 19.1 Å². The number of nitrogens with one attached hydrogen (secondary N) is 1. The van der Waals surface area contributed by atoms with Crippen LogP contribution in [0.1, 0.15) is 53.1 Å². The lowest BCUT2D eigenvalue weighted by atomic mass is 10.1. The average Bonchev–Trinajstić information content (AvgIpc) is 3.26. The van der Waals surface area contributed by atoms with Crippen LogP contribution in [-0.2, 0) is 22.4 Å². The van der Waals surface area contributed by atoms with Gasteiger partial charge in [-0.3, -0.25) is 4.79 Å². The van der Waals surface area contributed by atoms with E-state index in [0.717, 1.165) is 42.6 Å². The third-order valence-corrected chi connectivity index (χ3v) is 5.62. The molecule has 1 aliphatic rings. The van der Waals surface area contributed by atoms with Gasteiger partial charge in [-0.05, 0) is 61.9 Å². The lowest BCUT2D eigenvalue weighted by molar-refractivity contribution is -0.111. The van der Waals surface area contributed by atoms with Crippen molar-refractivity contribution in [3.63, 3.8) is 0 Å². The fraction of sp³-hybridized carbons (Fsp3) is 0.364. The molecule has 3 rings (SSSR count). The fourth-order valence-corrected chi connectivity index (χ4v) is 4.41. The van der Waals surface area contributed by atoms with Crippen LogP contribution in [0, 0.1) is 0 Å². The Hall–Kier alpha value is -2.60. The van der Waals surface area contributed by atoms with Crippen molar-refractivity contribution in [2.75, 3.05) is 18.5 Å². The van der Waals surface area contributed by atoms with E-state index in [1.807, 2.05) is 24.3 Å². The summed E-state index contributed by atoms with van der Waals surface area (Å²) in [6, 6.07) is 7.57. The zero-order chi connectivity index (χ0) is 19.9. The minimum atomic E-state index is -0.358. The molecule has 0 unspecified atom stereocenters. The Kier molecular flexibility index (Phi) is 6.87. The Labute approximate surface area is 169 Å². The van der Waals surface area contributed by atoms with Gasteiger partial charge in [-0.15, -0.1) is 11.3 Å². The zero-order valence-corrected chi connectivity index (χ0v) is 17.1. The number of ether oxygens (including phenoxy) is 2. The molecule has 0 aliphatic heterocycles. The van der Waals surface area contributed by atoms with Crippen molar-refractivity contribution in [3.8, 4) is 5.75 Å². The van der Waals surface area contributed by atoms with Gasteiger partial charge in [0.2, 0.25) is 5.91 Å². The fourth-order valence-electron chi connectivity index (χ4n) is 3.13. The standard InChI is InChI=1S/C22H25NO4S/c1-3-14-27-16-11-8-15(9-12-16)10-13-19(24)23-21-20(22(25)26-4-2)17-6-5-7-18(17)28-21/h8-13H,3-7,14H2,1-2H3,(H,23,24)/b13-10+. The molecule has 1 aliphatic carbocycles. The van der Waals surface area contributed by atoms with Crippen molar-refractivity contribution in [2.45, 2.75) is 39.5 Å². The van der Waals surface area contributed by atoms with Crippen LogP contribution in [0.25, 0.3) is 6.08 Å². The summed E-state index contributed by atoms with van der Waals surface area (Å²) in [6.07, 6.45) is 7.02. The van der Waals surface area contributed by atoms with E-state index in [9.17, 15) is 9.59 Å². The van der Waals surface area contributed by atoms with Crippen LogP contribution in [0.5, 0.6) is 5.75 Å². The molecule has 0 saturated carbocycles. The first-order chi connectivity index (χ1) is 13.6. The Balaban J connectivity index is 1.68. The highest BCUT2D eigenvalue weighted by Crippen LogP contribution is 2.39. The number of aryl methyl sites for hydroxylation is 1. The number of carbonyl (C=O) groups excluding carboxylic acids is 2. The van der Waals surface area contributed by atoms with Gasteiger partial charge < -0.3 is 14.8 Å². The summed E-state index contributed by atoms with van der Waals surface area (Å²) >= 11 is 1.48. The van der Waals surface area contributed by atoms with Crippen LogP contribution in [0.4, 0.5) is 5.00 Å². The van der Waals surface area contributed by atoms with Crippen molar-refractivity contribution in [2.24, 2.45) is 0 Å². The predicted molar refractivity (Wildman–Crippen MR) is 112 cm³/mol. The van der Waals surface area contributed by atoms with Gasteiger partial charge in [-0.2, -0.15) is 0 Å². The third-order valence-electron chi connectivity index (χ3n) is 4.42. The Morgan fingerprint density at radius 1 is 1.18 bits per heavy atom. The molecule has 0 saturated heterocycles. The molecule has 28 heavy (non-hydrogen) atoms. The normalized spacial score (nSPS) is 12.8. The molecule has 0 spiro atoms. The van der Waals surface area contributed by atoms with Crippen LogP contribution < -0.4 is 10.1 Å². The maximum atomic E-state index is 12.4. The average molecular weight is 400 g/mol. The minimum absolute atomic E-state index is 0.267. The van der Waals surface area contributed by atoms with E-state index in [2.05, 4.69) is 12.2 Å². The Bertz CT molecular complexity index is 867. The number of anilines is 1. The lowest BCUT2D eigenvalue weighted by Gasteiger charge is -2.06. The SMILES string of the molecule is CCCOc1ccc(/C=C/C(=O)Nc2sc3c(c2C(=O)OCC)CCC3)cc1. The van der Waals surface area contributed by atoms with E-state index in [-0.39, 0.29) is 11.9 Å². The van der Waals surface area contributed by atoms with Crippen molar-refractivity contribution in [3.05, 3.63) is 51.9 Å². The summed E-state index contributed by atoms with van der Waals surface area (Å²) in [4.78, 5) is 25.9. The second-order valence-corrected chi connectivity index (χ2v) is 7.63. The van der Waals surface area contributed by atoms with Crippen molar-refractivity contribution in [1.29, 1.82) is 0 Å². The second kappa shape index (κ2) is 9.55. The molecule has 1 amide bonds. The van der Waals surface area contributed by atoms with Gasteiger partial charge in [0.15, 0.2) is 0 Å². The van der Waals surface area contributed by atoms with Crippen LogP contribution in [0.15, 0.2) is 30.3 Å². The molecule has 1 N–H and O–H groups in total. The summed E-state index contributed by atoms with van der Waals surface area (Å²) in [5, 5.41) is 3.44. The van der Waals surface area contributed by atoms with Gasteiger partial charge in [0, 0.05) is 11.0 Å². The molecule has 148 valence electrons. The van der Waals surface area contributed by atoms with Crippen LogP contribution in [0.3, 0.4) is 0 Å². The number of fused-ring (bicyclic) bond motifs is 1. The maximum Gasteiger partial charge on any atom is 0.341 e. The lowest BCUT2D eigenvalue weighted by Crippen LogP contribution is -2.13. The van der Waals surface area contributed by atoms with Gasteiger partial charge in [0.25, 0.3) is 0 Å². The van der Waals surface area contributed by atoms with Gasteiger partial charge >= 0.3 is 5.97 Å². The number of amides is 1. The highest BCUT2D eigenvalue weighted by molar-refractivity contribution is 7.17. The molecule has 1 aromatic heterocycles. The van der Waals surface area contributed by atoms with Gasteiger partial charge in [-0.25, -0.2) is 4.79 Å². The summed E-state index contributed by atoms with van der Waals surface area (Å²) in [5.41, 5.74) is 2.46. The molecule has 1 aromatic carbocycles. The van der Waals surface area contributed by atoms with Crippen molar-refractivity contribution >= 4 is 34.3 Å². The maximum absolute atomic E-state index is 12.4. The number of benzene rings is 1. The summed E-state index contributed by atoms with van der Waals surface area (Å²) in [5.74, 6) is 0.191. The second-order valence-electron chi connectivity index (χ2n) is 6.52. The van der Waals surface area contributed by atoms with Gasteiger partial charge in [-0.1, -0.05) is 19.1 Å². The Morgan fingerprint density at radius 2 is 1.96 bits per heavy atom. The molecule has 0 radical (unpaired) electrons. The summed E-state index contributed by atoms with van der Waals surface area (Å²) < 4.78 is 10.7. The van der Waals surface area contributed by atoms with E-state index in [1.165, 1.54) is 22.3 Å². The smallest absolute Gasteiger partial charge is 0.341 e. The van der Waals surface area contributed by atoms with E-state index in [4.69, 9.17) is 9.47 Å². The first-order valence-electron chi connectivity index (χ1n) is 9.66. The number of rotatable bonds is 8. The number of esters is 1. The molecule has 2 aromatic rings. The highest BCUT2D eigenvalue weighted by Gasteiger charge is 2.27. The largest absolute Gasteiger partial charge is 0.494 e. The van der Waals surface area contributed by atoms with E-state index in [1.54, 1.807) is 13.0 Å². The van der Waals surface area contributed by atoms with E-state index < -0.39 is 0 Å². The monoisotopic (exact) mass is 399 g/mol. The quantitative estimate of drug-likeness (QED) is 0.509. The topological polar surface area (TPSA) is 64.6 Å². The molecule has 0 fully saturated rings. The van der Waals surface area contributed by atoms with Crippen LogP contribution in [0.2, 0.25) is 0 Å². The third kappa shape index (κ3) is 4.81. The van der Waals surface area contributed by atoms with Crippen LogP contribution in [-0.4, -0.2) is 25.1 Å². The predicted octanol–water partition coefficient (Wildman–Crippen LogP) is 4.85. The zero-order valence-electron chi connectivity index (χ0n) is 16.2. The number of hydrogen-bond acceptors (Lipinski definition) is 5. The molecular formula is C22H25NO4S. The van der Waals surface area contributed by atoms with Gasteiger partial charge in [0.1, 0.15) is 10.8 Å². The molecule has 1 heterocycles. The van der Waals surface area contributed by atoms with E-state index >= 15 is 0 Å². The first-order valence-corrected chi connectivity index (χ1v) is 10.5. The molecular weight excluding hydrogens is 374 g/mol. The Morgan fingerprint density at radius 3 is 2.68 bits per heavy atom. The highest BCUT2D eigenvalue weighted by atomic mass is 32.1. The van der Waals surface area contributed by atoms with Crippen LogP contribution >= 0.6 is 11.3 Å². The summed E-state index contributed by atoms with van der Waals surface area (Å²) in [7, 11) is 0. The molecule has 5 nitrogen and oxygen atoms in total. The number of hydrogen-bond donors (Lipinski definition) is 1. The molecule has 0 bridgehead atoms. The van der Waals surface area contributed by atoms with E-state index in [0.29, 0.717) is 23.8 Å². The molecule has 6 heteroatoms. The van der Waals surface area contributed by atoms with Gasteiger partial charge in [0.05, 0.1) is 18.8 Å².